The maximum atomic E-state index is 9.70. The van der Waals surface area contributed by atoms with Crippen molar-refractivity contribution in [2.45, 2.75) is 53.1 Å². The number of hydrogen-bond acceptors (Lipinski definition) is 1. The second kappa shape index (κ2) is 4.13. The minimum atomic E-state index is -0.701. The maximum Gasteiger partial charge on any atom is 0.0771 e. The highest BCUT2D eigenvalue weighted by atomic mass is 16.3. The Kier molecular flexibility index (Phi) is 3.44. The second-order valence-corrected chi connectivity index (χ2v) is 5.97. The van der Waals surface area contributed by atoms with Gasteiger partial charge in [0.15, 0.2) is 0 Å². The lowest BCUT2D eigenvalue weighted by Crippen LogP contribution is -2.27. The van der Waals surface area contributed by atoms with Crippen LogP contribution >= 0.6 is 0 Å². The Bertz CT molecular complexity index is 276. The van der Waals surface area contributed by atoms with E-state index >= 15 is 0 Å². The van der Waals surface area contributed by atoms with Gasteiger partial charge in [-0.15, -0.1) is 0 Å². The number of aliphatic hydroxyl groups is 1. The molecule has 0 aliphatic heterocycles. The van der Waals surface area contributed by atoms with Crippen molar-refractivity contribution in [3.8, 4) is 0 Å². The van der Waals surface area contributed by atoms with Crippen LogP contribution in [0.25, 0.3) is 0 Å². The third kappa shape index (κ3) is 3.49. The lowest BCUT2D eigenvalue weighted by molar-refractivity contribution is 0.131. The van der Waals surface area contributed by atoms with E-state index in [0.29, 0.717) is 11.3 Å². The summed E-state index contributed by atoms with van der Waals surface area (Å²) in [5.41, 5.74) is 1.06. The third-order valence-electron chi connectivity index (χ3n) is 3.28. The first kappa shape index (κ1) is 12.5. The third-order valence-corrected chi connectivity index (χ3v) is 3.28. The Morgan fingerprint density at radius 3 is 2.53 bits per heavy atom. The van der Waals surface area contributed by atoms with Gasteiger partial charge in [-0.1, -0.05) is 37.6 Å². The summed E-state index contributed by atoms with van der Waals surface area (Å²) in [6, 6.07) is 0. The predicted octanol–water partition coefficient (Wildman–Crippen LogP) is 3.70. The number of hydrogen-bond donors (Lipinski definition) is 1. The summed E-state index contributed by atoms with van der Waals surface area (Å²) in [5.74, 6) is 0.470. The molecule has 0 aromatic carbocycles. The average Bonchev–Trinajstić information content (AvgIpc) is 1.99. The van der Waals surface area contributed by atoms with E-state index in [1.807, 2.05) is 19.9 Å². The van der Waals surface area contributed by atoms with Gasteiger partial charge in [0.2, 0.25) is 0 Å². The quantitative estimate of drug-likeness (QED) is 0.686. The van der Waals surface area contributed by atoms with Gasteiger partial charge in [-0.25, -0.2) is 0 Å². The average molecular weight is 208 g/mol. The van der Waals surface area contributed by atoms with Crippen molar-refractivity contribution in [3.63, 3.8) is 0 Å². The zero-order chi connectivity index (χ0) is 11.7. The highest BCUT2D eigenvalue weighted by Gasteiger charge is 2.31. The van der Waals surface area contributed by atoms with E-state index in [2.05, 4.69) is 32.9 Å². The van der Waals surface area contributed by atoms with Gasteiger partial charge in [-0.2, -0.15) is 0 Å². The summed E-state index contributed by atoms with van der Waals surface area (Å²) in [4.78, 5) is 0. The van der Waals surface area contributed by atoms with Crippen LogP contribution in [-0.2, 0) is 0 Å². The molecule has 1 aliphatic carbocycles. The Hall–Kier alpha value is -0.560. The standard InChI is InChI=1S/C14H24O/c1-11-7-6-9-13(2,3)12(11)8-10-14(4,5)15/h7-8,10,12,15H,6,9H2,1-5H3. The Morgan fingerprint density at radius 1 is 1.47 bits per heavy atom. The van der Waals surface area contributed by atoms with Crippen molar-refractivity contribution in [2.24, 2.45) is 11.3 Å². The van der Waals surface area contributed by atoms with E-state index < -0.39 is 5.60 Å². The van der Waals surface area contributed by atoms with Crippen molar-refractivity contribution in [3.05, 3.63) is 23.8 Å². The fraction of sp³-hybridized carbons (Fsp3) is 0.714. The number of rotatable bonds is 2. The minimum Gasteiger partial charge on any atom is -0.386 e. The summed E-state index contributed by atoms with van der Waals surface area (Å²) in [7, 11) is 0. The molecule has 1 atom stereocenters. The van der Waals surface area contributed by atoms with E-state index in [9.17, 15) is 5.11 Å². The van der Waals surface area contributed by atoms with Gasteiger partial charge in [0.1, 0.15) is 0 Å². The molecule has 86 valence electrons. The monoisotopic (exact) mass is 208 g/mol. The topological polar surface area (TPSA) is 20.2 Å². The maximum absolute atomic E-state index is 9.70. The van der Waals surface area contributed by atoms with Gasteiger partial charge in [-0.3, -0.25) is 0 Å². The van der Waals surface area contributed by atoms with Gasteiger partial charge >= 0.3 is 0 Å². The van der Waals surface area contributed by atoms with Gasteiger partial charge in [0.25, 0.3) is 0 Å². The zero-order valence-electron chi connectivity index (χ0n) is 10.7. The van der Waals surface area contributed by atoms with Crippen molar-refractivity contribution in [1.29, 1.82) is 0 Å². The van der Waals surface area contributed by atoms with Gasteiger partial charge < -0.3 is 5.11 Å². The lowest BCUT2D eigenvalue weighted by Gasteiger charge is -2.37. The molecule has 1 heteroatoms. The van der Waals surface area contributed by atoms with Crippen molar-refractivity contribution in [2.75, 3.05) is 0 Å². The van der Waals surface area contributed by atoms with E-state index in [0.717, 1.165) is 0 Å². The SMILES string of the molecule is CC1=CCCC(C)(C)C1C=CC(C)(C)O. The Balaban J connectivity index is 2.86. The molecule has 0 saturated carbocycles. The molecule has 0 bridgehead atoms. The molecule has 0 spiro atoms. The van der Waals surface area contributed by atoms with Gasteiger partial charge in [0.05, 0.1) is 5.60 Å². The summed E-state index contributed by atoms with van der Waals surface area (Å²) >= 11 is 0. The molecule has 0 aromatic heterocycles. The molecule has 0 fully saturated rings. The first-order valence-corrected chi connectivity index (χ1v) is 5.81. The summed E-state index contributed by atoms with van der Waals surface area (Å²) in [6.07, 6.45) is 8.83. The predicted molar refractivity (Wildman–Crippen MR) is 65.7 cm³/mol. The smallest absolute Gasteiger partial charge is 0.0771 e. The summed E-state index contributed by atoms with van der Waals surface area (Å²) in [5, 5.41) is 9.70. The van der Waals surface area contributed by atoms with Crippen LogP contribution < -0.4 is 0 Å². The highest BCUT2D eigenvalue weighted by molar-refractivity contribution is 5.19. The van der Waals surface area contributed by atoms with Crippen LogP contribution in [0.15, 0.2) is 23.8 Å². The summed E-state index contributed by atoms with van der Waals surface area (Å²) < 4.78 is 0. The molecule has 1 N–H and O–H groups in total. The number of allylic oxidation sites excluding steroid dienone is 3. The largest absolute Gasteiger partial charge is 0.386 e. The van der Waals surface area contributed by atoms with Gasteiger partial charge in [0, 0.05) is 5.92 Å². The fourth-order valence-corrected chi connectivity index (χ4v) is 2.31. The van der Waals surface area contributed by atoms with Crippen LogP contribution in [0.4, 0.5) is 0 Å². The Morgan fingerprint density at radius 2 is 2.07 bits per heavy atom. The van der Waals surface area contributed by atoms with E-state index in [-0.39, 0.29) is 0 Å². The summed E-state index contributed by atoms with van der Waals surface area (Å²) in [6.45, 7) is 10.4. The first-order chi connectivity index (χ1) is 6.72. The lowest BCUT2D eigenvalue weighted by atomic mass is 9.68. The fourth-order valence-electron chi connectivity index (χ4n) is 2.31. The Labute approximate surface area is 93.9 Å². The van der Waals surface area contributed by atoms with Crippen LogP contribution in [-0.4, -0.2) is 10.7 Å². The molecule has 15 heavy (non-hydrogen) atoms. The molecule has 1 unspecified atom stereocenters. The van der Waals surface area contributed by atoms with Crippen LogP contribution in [0.5, 0.6) is 0 Å². The van der Waals surface area contributed by atoms with Crippen LogP contribution in [0.1, 0.15) is 47.5 Å². The van der Waals surface area contributed by atoms with Crippen molar-refractivity contribution in [1.82, 2.24) is 0 Å². The molecule has 0 amide bonds. The molecule has 0 aromatic rings. The first-order valence-electron chi connectivity index (χ1n) is 5.81. The van der Waals surface area contributed by atoms with Gasteiger partial charge in [-0.05, 0) is 39.0 Å². The van der Waals surface area contributed by atoms with Crippen LogP contribution in [0.3, 0.4) is 0 Å². The highest BCUT2D eigenvalue weighted by Crippen LogP contribution is 2.41. The van der Waals surface area contributed by atoms with Crippen molar-refractivity contribution >= 4 is 0 Å². The molecule has 1 rings (SSSR count). The molecule has 0 radical (unpaired) electrons. The van der Waals surface area contributed by atoms with E-state index in [4.69, 9.17) is 0 Å². The molecule has 0 heterocycles. The molecule has 1 nitrogen and oxygen atoms in total. The van der Waals surface area contributed by atoms with Crippen LogP contribution in [0.2, 0.25) is 0 Å². The molecular formula is C14H24O. The zero-order valence-corrected chi connectivity index (χ0v) is 10.7. The molecule has 0 saturated heterocycles. The van der Waals surface area contributed by atoms with E-state index in [1.165, 1.54) is 18.4 Å². The van der Waals surface area contributed by atoms with Crippen LogP contribution in [0, 0.1) is 11.3 Å². The van der Waals surface area contributed by atoms with E-state index in [1.54, 1.807) is 0 Å². The molecule has 1 aliphatic rings. The minimum absolute atomic E-state index is 0.320. The van der Waals surface area contributed by atoms with Crippen molar-refractivity contribution < 1.29 is 5.11 Å². The second-order valence-electron chi connectivity index (χ2n) is 5.97. The molecular weight excluding hydrogens is 184 g/mol. The normalized spacial score (nSPS) is 26.8.